The Hall–Kier alpha value is -3.04. The van der Waals surface area contributed by atoms with Crippen LogP contribution < -0.4 is 5.32 Å². The third kappa shape index (κ3) is 3.01. The van der Waals surface area contributed by atoms with Gasteiger partial charge in [0.15, 0.2) is 0 Å². The predicted molar refractivity (Wildman–Crippen MR) is 113 cm³/mol. The Morgan fingerprint density at radius 1 is 1.10 bits per heavy atom. The van der Waals surface area contributed by atoms with Crippen molar-refractivity contribution in [3.05, 3.63) is 36.7 Å². The number of rotatable bonds is 4. The highest BCUT2D eigenvalue weighted by atomic mass is 16.5. The molecule has 2 fully saturated rings. The van der Waals surface area contributed by atoms with E-state index in [1.165, 1.54) is 0 Å². The number of fused-ring (bicyclic) bond motifs is 2. The molecule has 9 heteroatoms. The zero-order valence-electron chi connectivity index (χ0n) is 16.9. The van der Waals surface area contributed by atoms with E-state index in [-0.39, 0.29) is 0 Å². The maximum atomic E-state index is 5.45. The first-order chi connectivity index (χ1) is 14.7. The van der Waals surface area contributed by atoms with Gasteiger partial charge in [0.2, 0.25) is 5.95 Å². The lowest BCUT2D eigenvalue weighted by molar-refractivity contribution is -0.00443. The number of morpholine rings is 1. The summed E-state index contributed by atoms with van der Waals surface area (Å²) >= 11 is 0. The third-order valence-electron chi connectivity index (χ3n) is 6.35. The van der Waals surface area contributed by atoms with Gasteiger partial charge in [0.05, 0.1) is 30.4 Å². The number of hydrogen-bond acceptors (Lipinski definition) is 7. The summed E-state index contributed by atoms with van der Waals surface area (Å²) in [6.45, 7) is 3.81. The number of nitrogens with zero attached hydrogens (tertiary/aromatic N) is 7. The molecule has 0 spiro atoms. The van der Waals surface area contributed by atoms with E-state index in [9.17, 15) is 0 Å². The second kappa shape index (κ2) is 7.03. The Kier molecular flexibility index (Phi) is 4.17. The summed E-state index contributed by atoms with van der Waals surface area (Å²) in [5, 5.41) is 16.4. The van der Waals surface area contributed by atoms with Gasteiger partial charge in [-0.25, -0.2) is 14.2 Å². The Balaban J connectivity index is 1.19. The number of nitrogens with one attached hydrogen (secondary N) is 1. The third-order valence-corrected chi connectivity index (χ3v) is 6.35. The van der Waals surface area contributed by atoms with Crippen molar-refractivity contribution in [1.29, 1.82) is 0 Å². The smallest absolute Gasteiger partial charge is 0.241 e. The molecule has 0 amide bonds. The maximum Gasteiger partial charge on any atom is 0.241 e. The molecule has 9 nitrogen and oxygen atoms in total. The number of aromatic nitrogens is 6. The van der Waals surface area contributed by atoms with E-state index in [1.807, 2.05) is 30.0 Å². The van der Waals surface area contributed by atoms with Crippen molar-refractivity contribution < 1.29 is 4.74 Å². The van der Waals surface area contributed by atoms with Crippen LogP contribution in [0.15, 0.2) is 36.7 Å². The van der Waals surface area contributed by atoms with Gasteiger partial charge in [-0.3, -0.25) is 4.90 Å². The van der Waals surface area contributed by atoms with Crippen molar-refractivity contribution in [3.8, 4) is 11.1 Å². The van der Waals surface area contributed by atoms with Crippen LogP contribution in [0.2, 0.25) is 0 Å². The van der Waals surface area contributed by atoms with E-state index in [0.29, 0.717) is 18.0 Å². The summed E-state index contributed by atoms with van der Waals surface area (Å²) in [7, 11) is 1.90. The quantitative estimate of drug-likeness (QED) is 0.556. The lowest BCUT2D eigenvalue weighted by Crippen LogP contribution is -2.53. The van der Waals surface area contributed by atoms with E-state index in [1.54, 1.807) is 4.68 Å². The van der Waals surface area contributed by atoms with E-state index in [2.05, 4.69) is 48.8 Å². The molecular weight excluding hydrogens is 380 g/mol. The predicted octanol–water partition coefficient (Wildman–Crippen LogP) is 1.95. The second-order valence-corrected chi connectivity index (χ2v) is 8.17. The number of aryl methyl sites for hydroxylation is 1. The molecule has 6 rings (SSSR count). The Morgan fingerprint density at radius 3 is 2.83 bits per heavy atom. The van der Waals surface area contributed by atoms with Crippen LogP contribution in [-0.2, 0) is 11.8 Å². The first-order valence-corrected chi connectivity index (χ1v) is 10.5. The van der Waals surface area contributed by atoms with E-state index in [4.69, 9.17) is 4.74 Å². The minimum atomic E-state index is 0.435. The molecule has 4 aromatic rings. The van der Waals surface area contributed by atoms with Gasteiger partial charge >= 0.3 is 0 Å². The number of anilines is 1. The van der Waals surface area contributed by atoms with Crippen LogP contribution >= 0.6 is 0 Å². The van der Waals surface area contributed by atoms with E-state index >= 15 is 0 Å². The standard InChI is InChI=1S/C21H24N8O/c1-27-19-10-14(2-3-18(19)24-26-27)17-4-5-29-20(17)13-22-21(25-29)23-15-11-16(12-15)28-6-8-30-9-7-28/h2-5,10,13,15-16H,6-9,11-12H2,1H3,(H,23,25)/t15-,16-. The van der Waals surface area contributed by atoms with Crippen molar-refractivity contribution in [2.75, 3.05) is 31.6 Å². The Morgan fingerprint density at radius 2 is 1.97 bits per heavy atom. The molecule has 2 aliphatic rings. The molecule has 0 atom stereocenters. The van der Waals surface area contributed by atoms with Gasteiger partial charge < -0.3 is 10.1 Å². The van der Waals surface area contributed by atoms with Crippen molar-refractivity contribution >= 4 is 22.5 Å². The topological polar surface area (TPSA) is 85.4 Å². The van der Waals surface area contributed by atoms with Crippen molar-refractivity contribution in [3.63, 3.8) is 0 Å². The normalized spacial score (nSPS) is 22.4. The second-order valence-electron chi connectivity index (χ2n) is 8.17. The van der Waals surface area contributed by atoms with Gasteiger partial charge in [-0.1, -0.05) is 11.3 Å². The minimum Gasteiger partial charge on any atom is -0.379 e. The van der Waals surface area contributed by atoms with Gasteiger partial charge in [-0.15, -0.1) is 10.2 Å². The van der Waals surface area contributed by atoms with Crippen molar-refractivity contribution in [1.82, 2.24) is 34.5 Å². The molecule has 1 saturated heterocycles. The highest BCUT2D eigenvalue weighted by molar-refractivity contribution is 5.87. The van der Waals surface area contributed by atoms with Gasteiger partial charge in [-0.2, -0.15) is 0 Å². The summed E-state index contributed by atoms with van der Waals surface area (Å²) in [6.07, 6.45) is 6.16. The van der Waals surface area contributed by atoms with Gasteiger partial charge in [0.25, 0.3) is 0 Å². The summed E-state index contributed by atoms with van der Waals surface area (Å²) in [5.74, 6) is 0.682. The van der Waals surface area contributed by atoms with Crippen LogP contribution in [0.25, 0.3) is 27.7 Å². The molecule has 3 aromatic heterocycles. The molecule has 0 bridgehead atoms. The zero-order valence-corrected chi connectivity index (χ0v) is 16.9. The first-order valence-electron chi connectivity index (χ1n) is 10.5. The highest BCUT2D eigenvalue weighted by Gasteiger charge is 2.34. The number of benzene rings is 1. The Labute approximate surface area is 173 Å². The molecule has 1 N–H and O–H groups in total. The average molecular weight is 404 g/mol. The molecule has 1 aromatic carbocycles. The van der Waals surface area contributed by atoms with Crippen LogP contribution in [0.4, 0.5) is 5.95 Å². The molecule has 1 aliphatic heterocycles. The Bertz CT molecular complexity index is 1200. The lowest BCUT2D eigenvalue weighted by atomic mass is 9.85. The van der Waals surface area contributed by atoms with Crippen LogP contribution in [0.5, 0.6) is 0 Å². The number of ether oxygens (including phenoxy) is 1. The summed E-state index contributed by atoms with van der Waals surface area (Å²) < 4.78 is 9.14. The highest BCUT2D eigenvalue weighted by Crippen LogP contribution is 2.30. The van der Waals surface area contributed by atoms with Gasteiger partial charge in [-0.05, 0) is 36.6 Å². The first kappa shape index (κ1) is 17.8. The fraction of sp³-hybridized carbons (Fsp3) is 0.429. The molecule has 4 heterocycles. The summed E-state index contributed by atoms with van der Waals surface area (Å²) in [4.78, 5) is 7.13. The molecule has 1 aliphatic carbocycles. The van der Waals surface area contributed by atoms with Crippen LogP contribution in [0, 0.1) is 0 Å². The van der Waals surface area contributed by atoms with Gasteiger partial charge in [0, 0.05) is 44.0 Å². The van der Waals surface area contributed by atoms with Crippen molar-refractivity contribution in [2.45, 2.75) is 24.9 Å². The van der Waals surface area contributed by atoms with Gasteiger partial charge in [0.1, 0.15) is 5.52 Å². The molecular formula is C21H24N8O. The SMILES string of the molecule is Cn1nnc2ccc(-c3ccn4nc(N[C@H]5C[C@H](N6CCOCC6)C5)ncc34)cc21. The lowest BCUT2D eigenvalue weighted by Gasteiger charge is -2.44. The van der Waals surface area contributed by atoms with Crippen molar-refractivity contribution in [2.24, 2.45) is 7.05 Å². The van der Waals surface area contributed by atoms with Crippen LogP contribution in [0.3, 0.4) is 0 Å². The monoisotopic (exact) mass is 404 g/mol. The fourth-order valence-corrected chi connectivity index (χ4v) is 4.54. The molecule has 154 valence electrons. The minimum absolute atomic E-state index is 0.435. The van der Waals surface area contributed by atoms with Crippen LogP contribution in [0.1, 0.15) is 12.8 Å². The maximum absolute atomic E-state index is 5.45. The largest absolute Gasteiger partial charge is 0.379 e. The summed E-state index contributed by atoms with van der Waals surface area (Å²) in [5.41, 5.74) is 5.08. The average Bonchev–Trinajstić information content (AvgIpc) is 3.34. The molecule has 0 unspecified atom stereocenters. The fourth-order valence-electron chi connectivity index (χ4n) is 4.54. The number of hydrogen-bond donors (Lipinski definition) is 1. The summed E-state index contributed by atoms with van der Waals surface area (Å²) in [6, 6.07) is 9.35. The molecule has 30 heavy (non-hydrogen) atoms. The molecule has 0 radical (unpaired) electrons. The molecule has 1 saturated carbocycles. The zero-order chi connectivity index (χ0) is 20.1. The van der Waals surface area contributed by atoms with E-state index in [0.717, 1.165) is 66.8 Å². The van der Waals surface area contributed by atoms with Crippen LogP contribution in [-0.4, -0.2) is 72.9 Å². The van der Waals surface area contributed by atoms with E-state index < -0.39 is 0 Å².